The van der Waals surface area contributed by atoms with Crippen molar-refractivity contribution >= 4 is 11.6 Å². The molecule has 0 radical (unpaired) electrons. The van der Waals surface area contributed by atoms with Crippen LogP contribution in [0.15, 0.2) is 24.3 Å². The van der Waals surface area contributed by atoms with Gasteiger partial charge in [0.2, 0.25) is 0 Å². The molecule has 0 saturated heterocycles. The van der Waals surface area contributed by atoms with Crippen LogP contribution in [0.5, 0.6) is 5.75 Å². The van der Waals surface area contributed by atoms with Gasteiger partial charge in [-0.3, -0.25) is 4.68 Å². The molecule has 0 saturated carbocycles. The van der Waals surface area contributed by atoms with Crippen LogP contribution >= 0.6 is 11.6 Å². The molecular formula is C14H18ClN3O. The summed E-state index contributed by atoms with van der Waals surface area (Å²) in [6, 6.07) is 7.77. The number of ether oxygens (including phenoxy) is 1. The lowest BCUT2D eigenvalue weighted by molar-refractivity contribution is 0.295. The highest BCUT2D eigenvalue weighted by molar-refractivity contribution is 6.32. The fraction of sp³-hybridized carbons (Fsp3) is 0.357. The van der Waals surface area contributed by atoms with Gasteiger partial charge in [0.1, 0.15) is 12.4 Å². The molecule has 0 unspecified atom stereocenters. The lowest BCUT2D eigenvalue weighted by atomic mass is 10.1. The molecule has 0 aliphatic rings. The summed E-state index contributed by atoms with van der Waals surface area (Å²) in [6.45, 7) is 3.02. The van der Waals surface area contributed by atoms with E-state index in [1.807, 2.05) is 42.9 Å². The van der Waals surface area contributed by atoms with E-state index in [0.717, 1.165) is 23.4 Å². The zero-order valence-electron chi connectivity index (χ0n) is 11.2. The van der Waals surface area contributed by atoms with Gasteiger partial charge in [0, 0.05) is 7.05 Å². The van der Waals surface area contributed by atoms with Crippen LogP contribution in [0.2, 0.25) is 5.02 Å². The Kier molecular flexibility index (Phi) is 4.45. The van der Waals surface area contributed by atoms with Crippen molar-refractivity contribution in [1.82, 2.24) is 9.78 Å². The number of halogens is 1. The molecule has 0 bridgehead atoms. The minimum atomic E-state index is 0.452. The second-order valence-electron chi connectivity index (χ2n) is 4.49. The van der Waals surface area contributed by atoms with E-state index in [0.29, 0.717) is 23.9 Å². The fourth-order valence-corrected chi connectivity index (χ4v) is 2.19. The Balaban J connectivity index is 2.05. The maximum absolute atomic E-state index is 6.19. The molecule has 5 heteroatoms. The van der Waals surface area contributed by atoms with Gasteiger partial charge < -0.3 is 10.5 Å². The monoisotopic (exact) mass is 279 g/mol. The highest BCUT2D eigenvalue weighted by Gasteiger charge is 2.06. The summed E-state index contributed by atoms with van der Waals surface area (Å²) in [4.78, 5) is 0. The number of benzene rings is 1. The smallest absolute Gasteiger partial charge is 0.138 e. The minimum absolute atomic E-state index is 0.452. The van der Waals surface area contributed by atoms with Crippen molar-refractivity contribution in [2.24, 2.45) is 12.8 Å². The third-order valence-electron chi connectivity index (χ3n) is 2.90. The summed E-state index contributed by atoms with van der Waals surface area (Å²) >= 11 is 6.19. The van der Waals surface area contributed by atoms with Crippen molar-refractivity contribution < 1.29 is 4.74 Å². The first-order valence-corrected chi connectivity index (χ1v) is 6.58. The minimum Gasteiger partial charge on any atom is -0.486 e. The molecular weight excluding hydrogens is 262 g/mol. The van der Waals surface area contributed by atoms with Gasteiger partial charge in [-0.05, 0) is 43.7 Å². The summed E-state index contributed by atoms with van der Waals surface area (Å²) in [6.07, 6.45) is 0.820. The van der Waals surface area contributed by atoms with Gasteiger partial charge in [-0.1, -0.05) is 17.7 Å². The van der Waals surface area contributed by atoms with Crippen LogP contribution in [0.1, 0.15) is 17.0 Å². The molecule has 19 heavy (non-hydrogen) atoms. The third-order valence-corrected chi connectivity index (χ3v) is 3.20. The first-order valence-electron chi connectivity index (χ1n) is 6.21. The van der Waals surface area contributed by atoms with E-state index in [1.165, 1.54) is 0 Å². The van der Waals surface area contributed by atoms with Crippen molar-refractivity contribution in [3.8, 4) is 5.75 Å². The molecule has 2 N–H and O–H groups in total. The van der Waals surface area contributed by atoms with Gasteiger partial charge in [0.15, 0.2) is 0 Å². The molecule has 4 nitrogen and oxygen atoms in total. The topological polar surface area (TPSA) is 53.1 Å². The largest absolute Gasteiger partial charge is 0.486 e. The van der Waals surface area contributed by atoms with E-state index >= 15 is 0 Å². The normalized spacial score (nSPS) is 10.7. The van der Waals surface area contributed by atoms with Crippen LogP contribution in [-0.2, 0) is 20.1 Å². The van der Waals surface area contributed by atoms with E-state index in [2.05, 4.69) is 5.10 Å². The summed E-state index contributed by atoms with van der Waals surface area (Å²) in [5, 5.41) is 4.89. The number of hydrogen-bond acceptors (Lipinski definition) is 3. The van der Waals surface area contributed by atoms with Gasteiger partial charge in [-0.2, -0.15) is 5.10 Å². The van der Waals surface area contributed by atoms with E-state index < -0.39 is 0 Å². The average Bonchev–Trinajstić information content (AvgIpc) is 2.67. The summed E-state index contributed by atoms with van der Waals surface area (Å²) in [5.41, 5.74) is 8.63. The van der Waals surface area contributed by atoms with Crippen molar-refractivity contribution in [1.29, 1.82) is 0 Å². The van der Waals surface area contributed by atoms with E-state index in [9.17, 15) is 0 Å². The Morgan fingerprint density at radius 3 is 2.74 bits per heavy atom. The Morgan fingerprint density at radius 2 is 2.16 bits per heavy atom. The second-order valence-corrected chi connectivity index (χ2v) is 4.90. The molecule has 2 aromatic rings. The lowest BCUT2D eigenvalue weighted by Crippen LogP contribution is -2.04. The Labute approximate surface area is 118 Å². The highest BCUT2D eigenvalue weighted by Crippen LogP contribution is 2.26. The number of nitrogens with two attached hydrogens (primary N) is 1. The number of hydrogen-bond donors (Lipinski definition) is 1. The van der Waals surface area contributed by atoms with Crippen LogP contribution in [0.4, 0.5) is 0 Å². The standard InChI is InChI=1S/C14H18ClN3O/c1-10-7-12(18(2)17-10)9-19-14-4-3-11(5-6-16)8-13(14)15/h3-4,7-8H,5-6,9,16H2,1-2H3. The van der Waals surface area contributed by atoms with E-state index in [1.54, 1.807) is 0 Å². The number of aromatic nitrogens is 2. The molecule has 102 valence electrons. The first-order chi connectivity index (χ1) is 9.10. The molecule has 0 atom stereocenters. The quantitative estimate of drug-likeness (QED) is 0.915. The number of rotatable bonds is 5. The highest BCUT2D eigenvalue weighted by atomic mass is 35.5. The first kappa shape index (κ1) is 13.9. The van der Waals surface area contributed by atoms with Crippen LogP contribution in [0.3, 0.4) is 0 Å². The number of nitrogens with zero attached hydrogens (tertiary/aromatic N) is 2. The van der Waals surface area contributed by atoms with Crippen molar-refractivity contribution in [2.75, 3.05) is 6.54 Å². The van der Waals surface area contributed by atoms with Gasteiger partial charge >= 0.3 is 0 Å². The summed E-state index contributed by atoms with van der Waals surface area (Å²) in [5.74, 6) is 0.682. The maximum atomic E-state index is 6.19. The molecule has 0 aliphatic heterocycles. The van der Waals surface area contributed by atoms with E-state index in [-0.39, 0.29) is 0 Å². The maximum Gasteiger partial charge on any atom is 0.138 e. The molecule has 1 aromatic carbocycles. The lowest BCUT2D eigenvalue weighted by Gasteiger charge is -2.09. The predicted molar refractivity (Wildman–Crippen MR) is 76.5 cm³/mol. The fourth-order valence-electron chi connectivity index (χ4n) is 1.93. The van der Waals surface area contributed by atoms with Crippen LogP contribution in [0, 0.1) is 6.92 Å². The SMILES string of the molecule is Cc1cc(COc2ccc(CCN)cc2Cl)n(C)n1. The summed E-state index contributed by atoms with van der Waals surface area (Å²) in [7, 11) is 1.90. The molecule has 0 aliphatic carbocycles. The average molecular weight is 280 g/mol. The van der Waals surface area contributed by atoms with Gasteiger partial charge in [-0.25, -0.2) is 0 Å². The van der Waals surface area contributed by atoms with Gasteiger partial charge in [-0.15, -0.1) is 0 Å². The van der Waals surface area contributed by atoms with Crippen LogP contribution < -0.4 is 10.5 Å². The Morgan fingerprint density at radius 1 is 1.37 bits per heavy atom. The molecule has 0 spiro atoms. The van der Waals surface area contributed by atoms with Crippen LogP contribution in [0.25, 0.3) is 0 Å². The van der Waals surface area contributed by atoms with Gasteiger partial charge in [0.25, 0.3) is 0 Å². The molecule has 0 fully saturated rings. The molecule has 2 rings (SSSR count). The zero-order valence-corrected chi connectivity index (χ0v) is 11.9. The van der Waals surface area contributed by atoms with Gasteiger partial charge in [0.05, 0.1) is 16.4 Å². The molecule has 1 aromatic heterocycles. The predicted octanol–water partition coefficient (Wildman–Crippen LogP) is 2.46. The molecule has 1 heterocycles. The third kappa shape index (κ3) is 3.49. The van der Waals surface area contributed by atoms with Crippen molar-refractivity contribution in [3.63, 3.8) is 0 Å². The second kappa shape index (κ2) is 6.08. The van der Waals surface area contributed by atoms with E-state index in [4.69, 9.17) is 22.1 Å². The van der Waals surface area contributed by atoms with Crippen molar-refractivity contribution in [2.45, 2.75) is 20.0 Å². The van der Waals surface area contributed by atoms with Crippen molar-refractivity contribution in [3.05, 3.63) is 46.2 Å². The van der Waals surface area contributed by atoms with Crippen LogP contribution in [-0.4, -0.2) is 16.3 Å². The Bertz CT molecular complexity index is 566. The number of aryl methyl sites for hydroxylation is 2. The zero-order chi connectivity index (χ0) is 13.8. The summed E-state index contributed by atoms with van der Waals surface area (Å²) < 4.78 is 7.54. The molecule has 0 amide bonds. The Hall–Kier alpha value is -1.52.